The highest BCUT2D eigenvalue weighted by molar-refractivity contribution is 5.81. The Bertz CT molecular complexity index is 670. The number of hydrogen-bond acceptors (Lipinski definition) is 6. The van der Waals surface area contributed by atoms with Crippen LogP contribution in [0.25, 0.3) is 0 Å². The number of carbonyl (C=O) groups is 1. The Kier molecular flexibility index (Phi) is 10.5. The summed E-state index contributed by atoms with van der Waals surface area (Å²) in [4.78, 5) is 29.7. The second-order valence-corrected chi connectivity index (χ2v) is 8.01. The Hall–Kier alpha value is -2.42. The second-order valence-electron chi connectivity index (χ2n) is 8.01. The minimum atomic E-state index is -0.760. The monoisotopic (exact) mass is 433 g/mol. The van der Waals surface area contributed by atoms with Gasteiger partial charge in [0.15, 0.2) is 5.96 Å². The van der Waals surface area contributed by atoms with Gasteiger partial charge in [0.1, 0.15) is 0 Å². The molecule has 31 heavy (non-hydrogen) atoms. The van der Waals surface area contributed by atoms with Crippen LogP contribution >= 0.6 is 0 Å². The van der Waals surface area contributed by atoms with Gasteiger partial charge in [-0.25, -0.2) is 9.97 Å². The van der Waals surface area contributed by atoms with Crippen LogP contribution in [0, 0.1) is 0 Å². The third-order valence-electron chi connectivity index (χ3n) is 5.41. The number of rotatable bonds is 11. The van der Waals surface area contributed by atoms with Crippen molar-refractivity contribution in [3.63, 3.8) is 0 Å². The second kappa shape index (κ2) is 13.1. The fraction of sp³-hybridized carbons (Fsp3) is 0.727. The molecule has 1 amide bonds. The Morgan fingerprint density at radius 2 is 1.74 bits per heavy atom. The predicted octanol–water partition coefficient (Wildman–Crippen LogP) is 1.40. The number of anilines is 1. The van der Waals surface area contributed by atoms with Gasteiger partial charge in [-0.3, -0.25) is 9.79 Å². The van der Waals surface area contributed by atoms with E-state index in [0.717, 1.165) is 45.3 Å². The van der Waals surface area contributed by atoms with Crippen molar-refractivity contribution in [2.45, 2.75) is 58.5 Å². The van der Waals surface area contributed by atoms with Crippen LogP contribution in [0.1, 0.15) is 52.9 Å². The summed E-state index contributed by atoms with van der Waals surface area (Å²) in [6, 6.07) is 1.80. The predicted molar refractivity (Wildman–Crippen MR) is 124 cm³/mol. The number of hydrogen-bond donors (Lipinski definition) is 3. The van der Waals surface area contributed by atoms with E-state index in [1.807, 2.05) is 11.8 Å². The highest BCUT2D eigenvalue weighted by Crippen LogP contribution is 2.19. The van der Waals surface area contributed by atoms with E-state index in [1.54, 1.807) is 18.5 Å². The zero-order valence-corrected chi connectivity index (χ0v) is 19.3. The van der Waals surface area contributed by atoms with E-state index in [4.69, 9.17) is 0 Å². The van der Waals surface area contributed by atoms with Crippen molar-refractivity contribution >= 4 is 17.8 Å². The molecule has 1 saturated heterocycles. The summed E-state index contributed by atoms with van der Waals surface area (Å²) in [5.74, 6) is 1.49. The maximum atomic E-state index is 12.6. The van der Waals surface area contributed by atoms with E-state index in [-0.39, 0.29) is 5.91 Å². The maximum absolute atomic E-state index is 12.6. The molecule has 9 nitrogen and oxygen atoms in total. The Labute approximate surface area is 186 Å². The minimum Gasteiger partial charge on any atom is -0.388 e. The number of nitrogens with zero attached hydrogens (tertiary/aromatic N) is 5. The molecule has 0 atom stereocenters. The number of aromatic nitrogens is 2. The Morgan fingerprint density at radius 1 is 1.10 bits per heavy atom. The summed E-state index contributed by atoms with van der Waals surface area (Å²) >= 11 is 0. The molecule has 1 aliphatic heterocycles. The summed E-state index contributed by atoms with van der Waals surface area (Å²) < 4.78 is 0. The van der Waals surface area contributed by atoms with Crippen LogP contribution in [-0.4, -0.2) is 83.3 Å². The number of nitrogens with one attached hydrogen (secondary N) is 2. The van der Waals surface area contributed by atoms with Gasteiger partial charge >= 0.3 is 0 Å². The number of piperazine rings is 1. The molecule has 3 N–H and O–H groups in total. The van der Waals surface area contributed by atoms with Crippen LogP contribution < -0.4 is 15.5 Å². The van der Waals surface area contributed by atoms with E-state index in [1.165, 1.54) is 0 Å². The highest BCUT2D eigenvalue weighted by Gasteiger charge is 2.25. The lowest BCUT2D eigenvalue weighted by molar-refractivity contribution is -0.131. The summed E-state index contributed by atoms with van der Waals surface area (Å²) in [5, 5.41) is 17.2. The summed E-state index contributed by atoms with van der Waals surface area (Å²) in [7, 11) is 0. The first-order valence-corrected chi connectivity index (χ1v) is 11.6. The molecule has 0 spiro atoms. The number of aliphatic imine (C=N–C) groups is 1. The van der Waals surface area contributed by atoms with Gasteiger partial charge < -0.3 is 25.5 Å². The lowest BCUT2D eigenvalue weighted by Gasteiger charge is -2.34. The maximum Gasteiger partial charge on any atom is 0.225 e. The van der Waals surface area contributed by atoms with Crippen molar-refractivity contribution in [2.24, 2.45) is 4.99 Å². The van der Waals surface area contributed by atoms with Crippen LogP contribution in [0.4, 0.5) is 5.95 Å². The Balaban J connectivity index is 1.78. The number of guanidine groups is 1. The van der Waals surface area contributed by atoms with Crippen LogP contribution in [0.15, 0.2) is 23.5 Å². The molecule has 1 aromatic heterocycles. The van der Waals surface area contributed by atoms with E-state index in [2.05, 4.69) is 44.3 Å². The fourth-order valence-electron chi connectivity index (χ4n) is 3.84. The van der Waals surface area contributed by atoms with Gasteiger partial charge in [-0.2, -0.15) is 0 Å². The first-order valence-electron chi connectivity index (χ1n) is 11.6. The molecular formula is C22H39N7O2. The first-order chi connectivity index (χ1) is 15.0. The lowest BCUT2D eigenvalue weighted by Crippen LogP contribution is -2.50. The van der Waals surface area contributed by atoms with Gasteiger partial charge in [-0.15, -0.1) is 0 Å². The fourth-order valence-corrected chi connectivity index (χ4v) is 3.84. The third kappa shape index (κ3) is 8.32. The summed E-state index contributed by atoms with van der Waals surface area (Å²) in [5.41, 5.74) is -0.760. The average Bonchev–Trinajstić information content (AvgIpc) is 2.78. The van der Waals surface area contributed by atoms with Crippen molar-refractivity contribution < 1.29 is 9.90 Å². The number of aliphatic hydroxyl groups is 1. The van der Waals surface area contributed by atoms with Crippen LogP contribution in [0.3, 0.4) is 0 Å². The molecule has 0 aromatic carbocycles. The molecule has 1 aliphatic rings. The molecule has 1 fully saturated rings. The number of carbonyl (C=O) groups excluding carboxylic acids is 1. The van der Waals surface area contributed by atoms with Gasteiger partial charge in [0.25, 0.3) is 0 Å². The summed E-state index contributed by atoms with van der Waals surface area (Å²) in [6.45, 7) is 10.6. The van der Waals surface area contributed by atoms with Crippen LogP contribution in [0.2, 0.25) is 0 Å². The minimum absolute atomic E-state index is 0.130. The standard InChI is InChI=1S/C22H39N7O2/c1-4-9-22(31,10-5-2)18-27-20(23-6-3)24-13-8-19(30)28-14-16-29(17-15-28)21-25-11-7-12-26-21/h7,11-12,31H,4-6,8-10,13-18H2,1-3H3,(H2,23,24,27). The van der Waals surface area contributed by atoms with Gasteiger partial charge in [0.05, 0.1) is 12.1 Å². The van der Waals surface area contributed by atoms with Gasteiger partial charge in [0.2, 0.25) is 11.9 Å². The van der Waals surface area contributed by atoms with E-state index in [9.17, 15) is 9.90 Å². The van der Waals surface area contributed by atoms with Crippen molar-refractivity contribution in [2.75, 3.05) is 50.7 Å². The first kappa shape index (κ1) is 24.8. The van der Waals surface area contributed by atoms with Gasteiger partial charge in [-0.05, 0) is 25.8 Å². The Morgan fingerprint density at radius 3 is 2.32 bits per heavy atom. The molecule has 1 aromatic rings. The summed E-state index contributed by atoms with van der Waals surface area (Å²) in [6.07, 6.45) is 7.20. The molecule has 0 radical (unpaired) electrons. The molecule has 9 heteroatoms. The lowest BCUT2D eigenvalue weighted by atomic mass is 9.93. The van der Waals surface area contributed by atoms with Gasteiger partial charge in [0, 0.05) is 58.1 Å². The zero-order valence-electron chi connectivity index (χ0n) is 19.3. The molecule has 0 bridgehead atoms. The van der Waals surface area contributed by atoms with E-state index < -0.39 is 5.60 Å². The quantitative estimate of drug-likeness (QED) is 0.358. The van der Waals surface area contributed by atoms with E-state index in [0.29, 0.717) is 44.5 Å². The SMILES string of the molecule is CCCC(O)(CCC)CN=C(NCC)NCCC(=O)N1CCN(c2ncccn2)CC1. The molecule has 0 aliphatic carbocycles. The van der Waals surface area contributed by atoms with Crippen molar-refractivity contribution in [1.29, 1.82) is 0 Å². The topological polar surface area (TPSA) is 106 Å². The molecule has 0 unspecified atom stereocenters. The normalized spacial score (nSPS) is 15.2. The highest BCUT2D eigenvalue weighted by atomic mass is 16.3. The van der Waals surface area contributed by atoms with E-state index >= 15 is 0 Å². The third-order valence-corrected chi connectivity index (χ3v) is 5.41. The largest absolute Gasteiger partial charge is 0.388 e. The van der Waals surface area contributed by atoms with Gasteiger partial charge in [-0.1, -0.05) is 26.7 Å². The molecule has 2 heterocycles. The molecular weight excluding hydrogens is 394 g/mol. The molecule has 2 rings (SSSR count). The molecule has 174 valence electrons. The van der Waals surface area contributed by atoms with Crippen LogP contribution in [-0.2, 0) is 4.79 Å². The van der Waals surface area contributed by atoms with Crippen LogP contribution in [0.5, 0.6) is 0 Å². The zero-order chi connectivity index (χ0) is 22.5. The smallest absolute Gasteiger partial charge is 0.225 e. The number of amides is 1. The van der Waals surface area contributed by atoms with Crippen molar-refractivity contribution in [3.05, 3.63) is 18.5 Å². The van der Waals surface area contributed by atoms with Crippen molar-refractivity contribution in [3.8, 4) is 0 Å². The molecule has 0 saturated carbocycles. The van der Waals surface area contributed by atoms with Crippen molar-refractivity contribution in [1.82, 2.24) is 25.5 Å². The average molecular weight is 434 g/mol.